The highest BCUT2D eigenvalue weighted by Crippen LogP contribution is 2.24. The maximum Gasteiger partial charge on any atom is 0.419 e. The predicted molar refractivity (Wildman–Crippen MR) is 106 cm³/mol. The second-order valence-electron chi connectivity index (χ2n) is 6.95. The van der Waals surface area contributed by atoms with Crippen molar-refractivity contribution in [2.45, 2.75) is 18.4 Å². The fourth-order valence-corrected chi connectivity index (χ4v) is 4.80. The van der Waals surface area contributed by atoms with Crippen LogP contribution in [0.25, 0.3) is 11.1 Å². The molecule has 1 saturated heterocycles. The number of oxazole rings is 1. The summed E-state index contributed by atoms with van der Waals surface area (Å²) in [5.41, 5.74) is 3.42. The van der Waals surface area contributed by atoms with Crippen LogP contribution in [0.1, 0.15) is 11.1 Å². The Morgan fingerprint density at radius 2 is 1.78 bits per heavy atom. The van der Waals surface area contributed by atoms with Gasteiger partial charge in [-0.15, -0.1) is 0 Å². The summed E-state index contributed by atoms with van der Waals surface area (Å²) >= 11 is 0. The quantitative estimate of drug-likeness (QED) is 0.691. The lowest BCUT2D eigenvalue weighted by Gasteiger charge is -2.33. The summed E-state index contributed by atoms with van der Waals surface area (Å²) in [6.07, 6.45) is 0. The van der Waals surface area contributed by atoms with Crippen LogP contribution in [0.4, 0.5) is 0 Å². The molecule has 1 aliphatic heterocycles. The Hall–Kier alpha value is -2.22. The van der Waals surface area contributed by atoms with Crippen molar-refractivity contribution in [3.63, 3.8) is 0 Å². The highest BCUT2D eigenvalue weighted by atomic mass is 32.2. The molecule has 0 radical (unpaired) electrons. The molecule has 0 bridgehead atoms. The summed E-state index contributed by atoms with van der Waals surface area (Å²) in [5, 5.41) is 0. The molecule has 0 N–H and O–H groups in total. The zero-order chi connectivity index (χ0) is 19.0. The Kier molecular flexibility index (Phi) is 4.99. The molecule has 1 aromatic heterocycles. The van der Waals surface area contributed by atoms with Crippen molar-refractivity contribution >= 4 is 22.1 Å². The lowest BCUT2D eigenvalue weighted by molar-refractivity contribution is 0.185. The minimum atomic E-state index is -1.26. The summed E-state index contributed by atoms with van der Waals surface area (Å²) in [6.45, 7) is 6.09. The Bertz CT molecular complexity index is 1030. The SMILES string of the molecule is Cc1cc2c(cc1S(=O)N1CCN(Cc3ccccc3)CC1)oc(=O)n2C. The second kappa shape index (κ2) is 7.42. The number of piperazine rings is 1. The van der Waals surface area contributed by atoms with Crippen molar-refractivity contribution < 1.29 is 8.63 Å². The summed E-state index contributed by atoms with van der Waals surface area (Å²) in [5.74, 6) is -0.401. The Balaban J connectivity index is 1.47. The van der Waals surface area contributed by atoms with Gasteiger partial charge in [0, 0.05) is 45.8 Å². The van der Waals surface area contributed by atoms with Crippen LogP contribution in [-0.4, -0.2) is 44.2 Å². The van der Waals surface area contributed by atoms with E-state index in [9.17, 15) is 9.00 Å². The number of aryl methyl sites for hydroxylation is 2. The molecule has 1 aliphatic rings. The first-order chi connectivity index (χ1) is 13.0. The third kappa shape index (κ3) is 3.63. The van der Waals surface area contributed by atoms with E-state index in [1.807, 2.05) is 23.4 Å². The average molecular weight is 385 g/mol. The molecule has 0 saturated carbocycles. The van der Waals surface area contributed by atoms with Gasteiger partial charge in [0.1, 0.15) is 11.0 Å². The summed E-state index contributed by atoms with van der Waals surface area (Å²) in [6, 6.07) is 14.0. The topological polar surface area (TPSA) is 58.7 Å². The van der Waals surface area contributed by atoms with Crippen molar-refractivity contribution in [2.24, 2.45) is 7.05 Å². The normalized spacial score (nSPS) is 17.4. The number of benzene rings is 2. The maximum atomic E-state index is 13.1. The van der Waals surface area contributed by atoms with Gasteiger partial charge in [0.25, 0.3) is 0 Å². The molecule has 1 fully saturated rings. The van der Waals surface area contributed by atoms with Crippen LogP contribution in [-0.2, 0) is 24.6 Å². The van der Waals surface area contributed by atoms with E-state index in [4.69, 9.17) is 4.42 Å². The van der Waals surface area contributed by atoms with Gasteiger partial charge >= 0.3 is 5.76 Å². The lowest BCUT2D eigenvalue weighted by atomic mass is 10.2. The third-order valence-corrected chi connectivity index (χ3v) is 6.74. The summed E-state index contributed by atoms with van der Waals surface area (Å²) in [4.78, 5) is 14.8. The first-order valence-electron chi connectivity index (χ1n) is 9.06. The second-order valence-corrected chi connectivity index (χ2v) is 8.41. The molecule has 1 atom stereocenters. The van der Waals surface area contributed by atoms with Gasteiger partial charge in [0.05, 0.1) is 10.4 Å². The number of hydrogen-bond acceptors (Lipinski definition) is 4. The first kappa shape index (κ1) is 18.2. The molecule has 2 aromatic carbocycles. The minimum absolute atomic E-state index is 0.401. The Labute approximate surface area is 160 Å². The van der Waals surface area contributed by atoms with Crippen LogP contribution in [0.3, 0.4) is 0 Å². The smallest absolute Gasteiger partial charge is 0.408 e. The molecule has 4 rings (SSSR count). The Morgan fingerprint density at radius 3 is 2.48 bits per heavy atom. The van der Waals surface area contributed by atoms with Gasteiger partial charge in [0.15, 0.2) is 5.58 Å². The van der Waals surface area contributed by atoms with Gasteiger partial charge in [-0.3, -0.25) is 9.47 Å². The van der Waals surface area contributed by atoms with E-state index in [-0.39, 0.29) is 0 Å². The molecular formula is C20H23N3O3S. The van der Waals surface area contributed by atoms with E-state index in [2.05, 4.69) is 29.2 Å². The fourth-order valence-electron chi connectivity index (χ4n) is 3.48. The molecule has 1 unspecified atom stereocenters. The van der Waals surface area contributed by atoms with E-state index in [1.165, 1.54) is 10.1 Å². The third-order valence-electron chi connectivity index (χ3n) is 5.09. The molecule has 0 aliphatic carbocycles. The number of hydrogen-bond donors (Lipinski definition) is 0. The number of aromatic nitrogens is 1. The van der Waals surface area contributed by atoms with E-state index in [0.29, 0.717) is 10.5 Å². The van der Waals surface area contributed by atoms with Gasteiger partial charge in [-0.25, -0.2) is 13.3 Å². The predicted octanol–water partition coefficient (Wildman–Crippen LogP) is 2.28. The number of nitrogens with zero attached hydrogens (tertiary/aromatic N) is 3. The first-order valence-corrected chi connectivity index (χ1v) is 10.2. The molecule has 6 nitrogen and oxygen atoms in total. The van der Waals surface area contributed by atoms with E-state index in [0.717, 1.165) is 43.8 Å². The summed E-state index contributed by atoms with van der Waals surface area (Å²) in [7, 11) is 0.416. The average Bonchev–Trinajstić information content (AvgIpc) is 2.96. The maximum absolute atomic E-state index is 13.1. The molecule has 0 spiro atoms. The van der Waals surface area contributed by atoms with Gasteiger partial charge in [-0.1, -0.05) is 30.3 Å². The largest absolute Gasteiger partial charge is 0.419 e. The van der Waals surface area contributed by atoms with Crippen molar-refractivity contribution in [2.75, 3.05) is 26.2 Å². The number of rotatable bonds is 4. The van der Waals surface area contributed by atoms with E-state index < -0.39 is 16.7 Å². The molecule has 0 amide bonds. The van der Waals surface area contributed by atoms with Gasteiger partial charge in [0.2, 0.25) is 0 Å². The number of fused-ring (bicyclic) bond motifs is 1. The molecular weight excluding hydrogens is 362 g/mol. The fraction of sp³-hybridized carbons (Fsp3) is 0.350. The molecule has 7 heteroatoms. The van der Waals surface area contributed by atoms with E-state index >= 15 is 0 Å². The highest BCUT2D eigenvalue weighted by molar-refractivity contribution is 7.82. The van der Waals surface area contributed by atoms with Gasteiger partial charge < -0.3 is 4.42 Å². The van der Waals surface area contributed by atoms with Crippen LogP contribution in [0.15, 0.2) is 56.6 Å². The highest BCUT2D eigenvalue weighted by Gasteiger charge is 2.24. The zero-order valence-corrected chi connectivity index (χ0v) is 16.4. The monoisotopic (exact) mass is 385 g/mol. The van der Waals surface area contributed by atoms with Crippen LogP contribution in [0.5, 0.6) is 0 Å². The lowest BCUT2D eigenvalue weighted by Crippen LogP contribution is -2.46. The zero-order valence-electron chi connectivity index (χ0n) is 15.6. The molecule has 3 aromatic rings. The van der Waals surface area contributed by atoms with Crippen LogP contribution in [0.2, 0.25) is 0 Å². The minimum Gasteiger partial charge on any atom is -0.408 e. The molecule has 142 valence electrons. The summed E-state index contributed by atoms with van der Waals surface area (Å²) < 4.78 is 21.8. The van der Waals surface area contributed by atoms with Crippen LogP contribution >= 0.6 is 0 Å². The van der Waals surface area contributed by atoms with Crippen LogP contribution in [0, 0.1) is 6.92 Å². The molecule has 2 heterocycles. The van der Waals surface area contributed by atoms with Crippen molar-refractivity contribution in [1.82, 2.24) is 13.8 Å². The van der Waals surface area contributed by atoms with Crippen molar-refractivity contribution in [1.29, 1.82) is 0 Å². The standard InChI is InChI=1S/C20H23N3O3S/c1-15-12-17-18(26-20(24)21(17)2)13-19(15)27(25)23-10-8-22(9-11-23)14-16-6-4-3-5-7-16/h3-7,12-13H,8-11,14H2,1-2H3. The van der Waals surface area contributed by atoms with Crippen molar-refractivity contribution in [3.8, 4) is 0 Å². The van der Waals surface area contributed by atoms with Crippen LogP contribution < -0.4 is 5.76 Å². The van der Waals surface area contributed by atoms with Gasteiger partial charge in [-0.05, 0) is 24.1 Å². The Morgan fingerprint density at radius 1 is 1.07 bits per heavy atom. The van der Waals surface area contributed by atoms with Gasteiger partial charge in [-0.2, -0.15) is 0 Å². The van der Waals surface area contributed by atoms with E-state index in [1.54, 1.807) is 13.1 Å². The molecule has 27 heavy (non-hydrogen) atoms. The van der Waals surface area contributed by atoms with Crippen molar-refractivity contribution in [3.05, 3.63) is 64.1 Å².